The number of anilines is 2. The molecule has 0 radical (unpaired) electrons. The Morgan fingerprint density at radius 2 is 1.15 bits per heavy atom. The molecule has 6 nitrogen and oxygen atoms in total. The van der Waals surface area contributed by atoms with Crippen molar-refractivity contribution in [3.8, 4) is 0 Å². The second-order valence-corrected chi connectivity index (χ2v) is 11.9. The maximum atomic E-state index is 13.0. The number of para-hydroxylation sites is 2. The van der Waals surface area contributed by atoms with Crippen LogP contribution >= 0.6 is 11.8 Å². The van der Waals surface area contributed by atoms with Gasteiger partial charge >= 0.3 is 0 Å². The number of carbonyl (C=O) groups excluding carboxylic acids is 2. The van der Waals surface area contributed by atoms with Crippen molar-refractivity contribution in [2.24, 2.45) is 0 Å². The van der Waals surface area contributed by atoms with Gasteiger partial charge < -0.3 is 10.6 Å². The van der Waals surface area contributed by atoms with Gasteiger partial charge in [0.25, 0.3) is 0 Å². The van der Waals surface area contributed by atoms with Crippen LogP contribution in [0.1, 0.15) is 74.6 Å². The first-order valence-corrected chi connectivity index (χ1v) is 16.1. The standard InChI is InChI=1S/C33H52N4O2S/c1-7-9-10-11-12-13-20-37(24-31(39)35-33-28(5)18-15-19-29(33)6)25-40-22-21-36(8-2)23-30(38)34-32-26(3)16-14-17-27(32)4/h14-19H,7-13,20-25H2,1-6H3,(H,34,38)(H,35,39). The lowest BCUT2D eigenvalue weighted by Gasteiger charge is -2.24. The fourth-order valence-corrected chi connectivity index (χ4v) is 5.82. The molecular weight excluding hydrogens is 516 g/mol. The topological polar surface area (TPSA) is 64.7 Å². The van der Waals surface area contributed by atoms with E-state index in [1.165, 1.54) is 32.1 Å². The van der Waals surface area contributed by atoms with Gasteiger partial charge in [-0.05, 0) is 69.5 Å². The number of benzene rings is 2. The van der Waals surface area contributed by atoms with Crippen LogP contribution in [0.2, 0.25) is 0 Å². The molecule has 0 spiro atoms. The number of amides is 2. The molecule has 2 amide bonds. The number of nitrogens with zero attached hydrogens (tertiary/aromatic N) is 2. The van der Waals surface area contributed by atoms with Crippen LogP contribution in [0.5, 0.6) is 0 Å². The number of likely N-dealkylation sites (N-methyl/N-ethyl adjacent to an activating group) is 1. The Bertz CT molecular complexity index is 1020. The summed E-state index contributed by atoms with van der Waals surface area (Å²) in [4.78, 5) is 30.2. The van der Waals surface area contributed by atoms with Crippen LogP contribution in [0.25, 0.3) is 0 Å². The quantitative estimate of drug-likeness (QED) is 0.139. The molecule has 222 valence electrons. The van der Waals surface area contributed by atoms with E-state index in [-0.39, 0.29) is 11.8 Å². The predicted octanol–water partition coefficient (Wildman–Crippen LogP) is 7.17. The summed E-state index contributed by atoms with van der Waals surface area (Å²) in [5.74, 6) is 1.79. The minimum absolute atomic E-state index is 0.0251. The number of hydrogen-bond acceptors (Lipinski definition) is 5. The van der Waals surface area contributed by atoms with Gasteiger partial charge in [0, 0.05) is 29.5 Å². The summed E-state index contributed by atoms with van der Waals surface area (Å²) in [6.07, 6.45) is 7.43. The fourth-order valence-electron chi connectivity index (χ4n) is 4.83. The van der Waals surface area contributed by atoms with Crippen molar-refractivity contribution in [2.45, 2.75) is 80.1 Å². The van der Waals surface area contributed by atoms with Crippen molar-refractivity contribution in [3.05, 3.63) is 58.7 Å². The lowest BCUT2D eigenvalue weighted by Crippen LogP contribution is -2.36. The first kappa shape index (κ1) is 33.9. The minimum Gasteiger partial charge on any atom is -0.324 e. The highest BCUT2D eigenvalue weighted by Gasteiger charge is 2.15. The molecule has 7 heteroatoms. The highest BCUT2D eigenvalue weighted by atomic mass is 32.2. The molecule has 0 atom stereocenters. The van der Waals surface area contributed by atoms with Crippen LogP contribution in [-0.2, 0) is 9.59 Å². The summed E-state index contributed by atoms with van der Waals surface area (Å²) in [6.45, 7) is 15.8. The second kappa shape index (κ2) is 18.9. The predicted molar refractivity (Wildman–Crippen MR) is 173 cm³/mol. The third kappa shape index (κ3) is 12.4. The number of carbonyl (C=O) groups is 2. The van der Waals surface area contributed by atoms with Gasteiger partial charge in [-0.15, -0.1) is 11.8 Å². The van der Waals surface area contributed by atoms with E-state index in [0.717, 1.165) is 71.3 Å². The SMILES string of the molecule is CCCCCCCCN(CSCCN(CC)CC(=O)Nc1c(C)cccc1C)CC(=O)Nc1c(C)cccc1C. The molecule has 0 aliphatic carbocycles. The molecule has 0 saturated carbocycles. The molecule has 2 aromatic rings. The van der Waals surface area contributed by atoms with Gasteiger partial charge in [-0.25, -0.2) is 0 Å². The molecule has 0 bridgehead atoms. The highest BCUT2D eigenvalue weighted by Crippen LogP contribution is 2.20. The molecule has 2 N–H and O–H groups in total. The van der Waals surface area contributed by atoms with Gasteiger partial charge in [0.2, 0.25) is 11.8 Å². The van der Waals surface area contributed by atoms with Gasteiger partial charge in [-0.1, -0.05) is 82.3 Å². The van der Waals surface area contributed by atoms with Crippen molar-refractivity contribution in [1.82, 2.24) is 9.80 Å². The van der Waals surface area contributed by atoms with Crippen LogP contribution < -0.4 is 10.6 Å². The largest absolute Gasteiger partial charge is 0.324 e. The Morgan fingerprint density at radius 1 is 0.675 bits per heavy atom. The van der Waals surface area contributed by atoms with Crippen LogP contribution in [0.15, 0.2) is 36.4 Å². The van der Waals surface area contributed by atoms with E-state index < -0.39 is 0 Å². The molecule has 0 aromatic heterocycles. The molecule has 0 saturated heterocycles. The van der Waals surface area contributed by atoms with Crippen molar-refractivity contribution < 1.29 is 9.59 Å². The Labute approximate surface area is 247 Å². The number of rotatable bonds is 19. The fraction of sp³-hybridized carbons (Fsp3) is 0.576. The van der Waals surface area contributed by atoms with Gasteiger partial charge in [-0.2, -0.15) is 0 Å². The number of hydrogen-bond donors (Lipinski definition) is 2. The summed E-state index contributed by atoms with van der Waals surface area (Å²) in [6, 6.07) is 12.2. The zero-order valence-corrected chi connectivity index (χ0v) is 26.6. The smallest absolute Gasteiger partial charge is 0.238 e. The van der Waals surface area contributed by atoms with Crippen molar-refractivity contribution in [2.75, 3.05) is 55.0 Å². The zero-order valence-electron chi connectivity index (χ0n) is 25.8. The molecule has 2 aromatic carbocycles. The summed E-state index contributed by atoms with van der Waals surface area (Å²) in [5, 5.41) is 6.25. The van der Waals surface area contributed by atoms with E-state index in [1.54, 1.807) is 0 Å². The van der Waals surface area contributed by atoms with Gasteiger partial charge in [0.1, 0.15) is 0 Å². The van der Waals surface area contributed by atoms with Crippen LogP contribution in [-0.4, -0.2) is 66.0 Å². The number of unbranched alkanes of at least 4 members (excludes halogenated alkanes) is 5. The second-order valence-electron chi connectivity index (χ2n) is 10.9. The average Bonchev–Trinajstić information content (AvgIpc) is 2.92. The van der Waals surface area contributed by atoms with Crippen LogP contribution in [0.3, 0.4) is 0 Å². The molecular formula is C33H52N4O2S. The Kier molecular flexibility index (Phi) is 16.0. The molecule has 40 heavy (non-hydrogen) atoms. The Morgan fingerprint density at radius 3 is 1.65 bits per heavy atom. The summed E-state index contributed by atoms with van der Waals surface area (Å²) < 4.78 is 0. The van der Waals surface area contributed by atoms with Gasteiger partial charge in [-0.3, -0.25) is 19.4 Å². The third-order valence-corrected chi connectivity index (χ3v) is 8.35. The normalized spacial score (nSPS) is 11.3. The van der Waals surface area contributed by atoms with Gasteiger partial charge in [0.05, 0.1) is 13.1 Å². The first-order chi connectivity index (χ1) is 19.2. The molecule has 2 rings (SSSR count). The minimum atomic E-state index is 0.0251. The molecule has 0 fully saturated rings. The summed E-state index contributed by atoms with van der Waals surface area (Å²) in [7, 11) is 0. The van der Waals surface area contributed by atoms with E-state index in [4.69, 9.17) is 0 Å². The van der Waals surface area contributed by atoms with E-state index in [2.05, 4.69) is 34.3 Å². The maximum Gasteiger partial charge on any atom is 0.238 e. The molecule has 0 aliphatic rings. The highest BCUT2D eigenvalue weighted by molar-refractivity contribution is 7.99. The lowest BCUT2D eigenvalue weighted by atomic mass is 10.1. The van der Waals surface area contributed by atoms with E-state index in [1.807, 2.05) is 75.9 Å². The number of thioether (sulfide) groups is 1. The van der Waals surface area contributed by atoms with E-state index in [9.17, 15) is 9.59 Å². The molecule has 0 unspecified atom stereocenters. The number of nitrogens with one attached hydrogen (secondary N) is 2. The first-order valence-electron chi connectivity index (χ1n) is 15.0. The third-order valence-electron chi connectivity index (χ3n) is 7.33. The van der Waals surface area contributed by atoms with Gasteiger partial charge in [0.15, 0.2) is 0 Å². The van der Waals surface area contributed by atoms with Crippen molar-refractivity contribution in [1.29, 1.82) is 0 Å². The maximum absolute atomic E-state index is 13.0. The Hall–Kier alpha value is -2.35. The summed E-state index contributed by atoms with van der Waals surface area (Å²) in [5.41, 5.74) is 6.19. The zero-order chi connectivity index (χ0) is 29.3. The summed E-state index contributed by atoms with van der Waals surface area (Å²) >= 11 is 1.84. The van der Waals surface area contributed by atoms with E-state index >= 15 is 0 Å². The van der Waals surface area contributed by atoms with Crippen molar-refractivity contribution >= 4 is 35.0 Å². The van der Waals surface area contributed by atoms with Crippen LogP contribution in [0, 0.1) is 27.7 Å². The van der Waals surface area contributed by atoms with Crippen LogP contribution in [0.4, 0.5) is 11.4 Å². The average molecular weight is 569 g/mol. The van der Waals surface area contributed by atoms with Crippen molar-refractivity contribution in [3.63, 3.8) is 0 Å². The number of aryl methyl sites for hydroxylation is 4. The molecule has 0 heterocycles. The van der Waals surface area contributed by atoms with E-state index in [0.29, 0.717) is 13.1 Å². The monoisotopic (exact) mass is 568 g/mol. The Balaban J connectivity index is 1.85. The molecule has 0 aliphatic heterocycles. The lowest BCUT2D eigenvalue weighted by molar-refractivity contribution is -0.118.